The second kappa shape index (κ2) is 11.0. The van der Waals surface area contributed by atoms with Gasteiger partial charge in [0.1, 0.15) is 16.4 Å². The number of phenols is 2. The summed E-state index contributed by atoms with van der Waals surface area (Å²) in [6.07, 6.45) is -17.8. The van der Waals surface area contributed by atoms with Crippen molar-refractivity contribution < 1.29 is 61.8 Å². The molecule has 16 heteroatoms. The molecule has 0 amide bonds. The summed E-state index contributed by atoms with van der Waals surface area (Å²) in [5, 5.41) is 20.7. The van der Waals surface area contributed by atoms with E-state index in [4.69, 9.17) is 3.63 Å². The quantitative estimate of drug-likeness (QED) is 0.203. The van der Waals surface area contributed by atoms with Crippen molar-refractivity contribution >= 4 is 20.4 Å². The Hall–Kier alpha value is -3.89. The van der Waals surface area contributed by atoms with Crippen LogP contribution >= 0.6 is 10.3 Å². The van der Waals surface area contributed by atoms with Crippen LogP contribution in [0, 0.1) is 0 Å². The standard InChI is InChI=1S/C27H17F9O5S2/c28-25(29,30)16-13-20(26(31,32)33)24(21(14-16)27(34,35)36)43(39,40)41-42(18-7-3-1-4-8-18,19-9-5-2-6-10-19)23-12-11-17(37)15-22(23)38/h1-15,37-38H. The van der Waals surface area contributed by atoms with Crippen molar-refractivity contribution in [1.82, 2.24) is 0 Å². The lowest BCUT2D eigenvalue weighted by Gasteiger charge is -2.40. The normalized spacial score (nSPS) is 13.6. The Morgan fingerprint density at radius 3 is 1.40 bits per heavy atom. The molecule has 0 saturated carbocycles. The van der Waals surface area contributed by atoms with E-state index in [0.29, 0.717) is 0 Å². The molecule has 0 saturated heterocycles. The molecular weight excluding hydrogens is 639 g/mol. The zero-order valence-electron chi connectivity index (χ0n) is 21.0. The average Bonchev–Trinajstić information content (AvgIpc) is 2.91. The van der Waals surface area contributed by atoms with Crippen LogP contribution in [0.2, 0.25) is 0 Å². The van der Waals surface area contributed by atoms with Crippen molar-refractivity contribution in [3.8, 4) is 11.5 Å². The fourth-order valence-corrected chi connectivity index (χ4v) is 9.76. The molecule has 0 unspecified atom stereocenters. The van der Waals surface area contributed by atoms with Crippen LogP contribution in [0.4, 0.5) is 39.5 Å². The van der Waals surface area contributed by atoms with Gasteiger partial charge in [-0.25, -0.2) is 3.63 Å². The van der Waals surface area contributed by atoms with Crippen molar-refractivity contribution in [3.05, 3.63) is 108 Å². The molecule has 4 rings (SSSR count). The van der Waals surface area contributed by atoms with Gasteiger partial charge in [0, 0.05) is 15.9 Å². The van der Waals surface area contributed by atoms with Gasteiger partial charge < -0.3 is 10.2 Å². The highest BCUT2D eigenvalue weighted by atomic mass is 32.3. The van der Waals surface area contributed by atoms with Crippen molar-refractivity contribution in [2.75, 3.05) is 0 Å². The molecule has 4 aromatic carbocycles. The fraction of sp³-hybridized carbons (Fsp3) is 0.111. The lowest BCUT2D eigenvalue weighted by atomic mass is 10.0. The van der Waals surface area contributed by atoms with E-state index < -0.39 is 89.1 Å². The molecule has 0 spiro atoms. The average molecular weight is 657 g/mol. The molecule has 43 heavy (non-hydrogen) atoms. The summed E-state index contributed by atoms with van der Waals surface area (Å²) in [4.78, 5) is -3.37. The van der Waals surface area contributed by atoms with Gasteiger partial charge in [-0.2, -0.15) is 47.9 Å². The second-order valence-corrected chi connectivity index (χ2v) is 13.1. The van der Waals surface area contributed by atoms with Gasteiger partial charge in [-0.05, 0) is 58.8 Å². The molecule has 0 aromatic heterocycles. The monoisotopic (exact) mass is 656 g/mol. The number of rotatable bonds is 6. The Morgan fingerprint density at radius 1 is 0.581 bits per heavy atom. The van der Waals surface area contributed by atoms with Gasteiger partial charge in [0.25, 0.3) is 0 Å². The van der Waals surface area contributed by atoms with E-state index in [1.165, 1.54) is 60.7 Å². The number of phenolic OH excluding ortho intramolecular Hbond substituents is 2. The number of alkyl halides is 9. The first-order chi connectivity index (χ1) is 19.8. The predicted molar refractivity (Wildman–Crippen MR) is 135 cm³/mol. The maximum atomic E-state index is 14.1. The van der Waals surface area contributed by atoms with Gasteiger partial charge in [0.2, 0.25) is 0 Å². The maximum Gasteiger partial charge on any atom is 0.417 e. The minimum Gasteiger partial charge on any atom is -0.508 e. The molecule has 4 aromatic rings. The van der Waals surface area contributed by atoms with E-state index in [-0.39, 0.29) is 9.79 Å². The maximum absolute atomic E-state index is 14.1. The van der Waals surface area contributed by atoms with Crippen LogP contribution in [0.5, 0.6) is 11.5 Å². The third-order valence-electron chi connectivity index (χ3n) is 5.87. The molecule has 0 radical (unpaired) electrons. The first-order valence-electron chi connectivity index (χ1n) is 11.6. The Morgan fingerprint density at radius 2 is 1.02 bits per heavy atom. The lowest BCUT2D eigenvalue weighted by molar-refractivity contribution is -0.152. The first-order valence-corrected chi connectivity index (χ1v) is 14.6. The molecule has 0 bridgehead atoms. The third kappa shape index (κ3) is 6.26. The molecule has 0 fully saturated rings. The molecule has 0 aliphatic rings. The highest BCUT2D eigenvalue weighted by Crippen LogP contribution is 2.72. The molecule has 230 valence electrons. The highest BCUT2D eigenvalue weighted by Gasteiger charge is 2.51. The third-order valence-corrected chi connectivity index (χ3v) is 11.2. The van der Waals surface area contributed by atoms with Crippen molar-refractivity contribution in [1.29, 1.82) is 0 Å². The predicted octanol–water partition coefficient (Wildman–Crippen LogP) is 8.76. The van der Waals surface area contributed by atoms with Gasteiger partial charge in [0.15, 0.2) is 0 Å². The van der Waals surface area contributed by atoms with Crippen LogP contribution in [0.25, 0.3) is 0 Å². The Balaban J connectivity index is 2.17. The summed E-state index contributed by atoms with van der Waals surface area (Å²) < 4.78 is 158. The molecule has 0 aliphatic heterocycles. The van der Waals surface area contributed by atoms with Crippen molar-refractivity contribution in [3.63, 3.8) is 0 Å². The van der Waals surface area contributed by atoms with E-state index in [1.807, 2.05) is 0 Å². The van der Waals surface area contributed by atoms with Crippen LogP contribution in [0.15, 0.2) is 111 Å². The van der Waals surface area contributed by atoms with E-state index in [0.717, 1.165) is 18.2 Å². The lowest BCUT2D eigenvalue weighted by Crippen LogP contribution is -2.24. The van der Waals surface area contributed by atoms with Gasteiger partial charge in [-0.1, -0.05) is 36.4 Å². The van der Waals surface area contributed by atoms with Gasteiger partial charge >= 0.3 is 28.6 Å². The van der Waals surface area contributed by atoms with Gasteiger partial charge in [0.05, 0.1) is 21.6 Å². The van der Waals surface area contributed by atoms with Crippen LogP contribution in [0.1, 0.15) is 16.7 Å². The van der Waals surface area contributed by atoms with Crippen LogP contribution in [0.3, 0.4) is 0 Å². The summed E-state index contributed by atoms with van der Waals surface area (Å²) in [5.41, 5.74) is -7.93. The largest absolute Gasteiger partial charge is 0.508 e. The minimum atomic E-state index is -6.32. The fourth-order valence-electron chi connectivity index (χ4n) is 4.13. The topological polar surface area (TPSA) is 83.8 Å². The molecule has 5 nitrogen and oxygen atoms in total. The Kier molecular flexibility index (Phi) is 8.19. The molecule has 0 atom stereocenters. The number of hydrogen-bond acceptors (Lipinski definition) is 5. The first kappa shape index (κ1) is 32.0. The summed E-state index contributed by atoms with van der Waals surface area (Å²) >= 11 is 0. The summed E-state index contributed by atoms with van der Waals surface area (Å²) in [5.74, 6) is -1.39. The zero-order valence-corrected chi connectivity index (χ0v) is 22.6. The van der Waals surface area contributed by atoms with Gasteiger partial charge in [-0.15, -0.1) is 0 Å². The molecule has 0 heterocycles. The summed E-state index contributed by atoms with van der Waals surface area (Å²) in [6.45, 7) is 0. The molecule has 0 aliphatic carbocycles. The molecule has 2 N–H and O–H groups in total. The van der Waals surface area contributed by atoms with Crippen molar-refractivity contribution in [2.24, 2.45) is 0 Å². The number of benzene rings is 4. The van der Waals surface area contributed by atoms with Crippen LogP contribution in [-0.4, -0.2) is 18.6 Å². The van der Waals surface area contributed by atoms with E-state index in [2.05, 4.69) is 0 Å². The molecular formula is C27H17F9O5S2. The smallest absolute Gasteiger partial charge is 0.417 e. The Bertz CT molecular complexity index is 1660. The van der Waals surface area contributed by atoms with Gasteiger partial charge in [-0.3, -0.25) is 0 Å². The Labute approximate surface area is 239 Å². The zero-order chi connectivity index (χ0) is 32.0. The van der Waals surface area contributed by atoms with Crippen LogP contribution < -0.4 is 0 Å². The second-order valence-electron chi connectivity index (χ2n) is 8.75. The van der Waals surface area contributed by atoms with E-state index in [9.17, 15) is 58.1 Å². The summed E-state index contributed by atoms with van der Waals surface area (Å²) in [6, 6.07) is 14.3. The number of aromatic hydroxyl groups is 2. The van der Waals surface area contributed by atoms with Crippen molar-refractivity contribution in [2.45, 2.75) is 38.1 Å². The number of halogens is 9. The van der Waals surface area contributed by atoms with E-state index >= 15 is 0 Å². The SMILES string of the molecule is O=S(=O)(OS(c1ccccc1)(c1ccccc1)c1ccc(O)cc1O)c1c(C(F)(F)F)cc(C(F)(F)F)cc1C(F)(F)F. The van der Waals surface area contributed by atoms with Crippen LogP contribution in [-0.2, 0) is 32.3 Å². The summed E-state index contributed by atoms with van der Waals surface area (Å²) in [7, 11) is -10.4. The minimum absolute atomic E-state index is 0.153. The number of hydrogen-bond donors (Lipinski definition) is 2. The highest BCUT2D eigenvalue weighted by molar-refractivity contribution is 8.33. The van der Waals surface area contributed by atoms with E-state index in [1.54, 1.807) is 0 Å².